The highest BCUT2D eigenvalue weighted by atomic mass is 19.4. The van der Waals surface area contributed by atoms with Gasteiger partial charge in [0.2, 0.25) is 0 Å². The molecule has 0 bridgehead atoms. The summed E-state index contributed by atoms with van der Waals surface area (Å²) in [7, 11) is 0. The lowest BCUT2D eigenvalue weighted by Crippen LogP contribution is -2.31. The van der Waals surface area contributed by atoms with E-state index in [4.69, 9.17) is 0 Å². The Labute approximate surface area is 175 Å². The minimum atomic E-state index is -4.41. The minimum Gasteiger partial charge on any atom is -0.352 e. The molecule has 2 N–H and O–H groups in total. The first-order valence-electron chi connectivity index (χ1n) is 10.5. The van der Waals surface area contributed by atoms with Crippen LogP contribution in [0.25, 0.3) is 0 Å². The van der Waals surface area contributed by atoms with E-state index in [-0.39, 0.29) is 11.8 Å². The van der Waals surface area contributed by atoms with Crippen LogP contribution in [0.3, 0.4) is 0 Å². The number of pyridine rings is 1. The second-order valence-corrected chi connectivity index (χ2v) is 8.23. The highest BCUT2D eigenvalue weighted by molar-refractivity contribution is 5.95. The van der Waals surface area contributed by atoms with Gasteiger partial charge in [-0.05, 0) is 54.5 Å². The lowest BCUT2D eigenvalue weighted by atomic mass is 9.89. The monoisotopic (exact) mass is 419 g/mol. The van der Waals surface area contributed by atoms with E-state index >= 15 is 0 Å². The molecule has 0 radical (unpaired) electrons. The van der Waals surface area contributed by atoms with Crippen molar-refractivity contribution in [1.29, 1.82) is 0 Å². The van der Waals surface area contributed by atoms with Crippen LogP contribution in [-0.4, -0.2) is 17.4 Å². The maximum atomic E-state index is 12.9. The highest BCUT2D eigenvalue weighted by Gasteiger charge is 2.30. The zero-order chi connectivity index (χ0) is 21.7. The van der Waals surface area contributed by atoms with Crippen molar-refractivity contribution in [3.63, 3.8) is 0 Å². The summed E-state index contributed by atoms with van der Waals surface area (Å²) in [5, 5.41) is 5.95. The predicted molar refractivity (Wildman–Crippen MR) is 112 cm³/mol. The molecule has 1 heterocycles. The Bertz CT molecular complexity index is 874. The average Bonchev–Trinajstić information content (AvgIpc) is 2.72. The number of carbonyl (C=O) groups is 1. The first kappa shape index (κ1) is 22.1. The molecular formula is C23H28F3N3O. The van der Waals surface area contributed by atoms with Crippen molar-refractivity contribution in [2.24, 2.45) is 5.92 Å². The van der Waals surface area contributed by atoms with E-state index < -0.39 is 11.7 Å². The molecule has 0 saturated heterocycles. The maximum Gasteiger partial charge on any atom is 0.416 e. The number of benzene rings is 1. The quantitative estimate of drug-likeness (QED) is 0.580. The molecule has 1 saturated carbocycles. The van der Waals surface area contributed by atoms with Crippen molar-refractivity contribution in [2.45, 2.75) is 58.0 Å². The minimum absolute atomic E-state index is 0.0606. The topological polar surface area (TPSA) is 54.0 Å². The Balaban J connectivity index is 1.74. The molecule has 0 spiro atoms. The number of anilines is 2. The number of carbonyl (C=O) groups excluding carboxylic acids is 1. The zero-order valence-corrected chi connectivity index (χ0v) is 17.4. The van der Waals surface area contributed by atoms with Crippen LogP contribution in [0.4, 0.5) is 24.7 Å². The van der Waals surface area contributed by atoms with Crippen molar-refractivity contribution < 1.29 is 18.0 Å². The number of nitrogens with one attached hydrogen (secondary N) is 2. The molecule has 1 aliphatic carbocycles. The third-order valence-electron chi connectivity index (χ3n) is 5.54. The summed E-state index contributed by atoms with van der Waals surface area (Å²) < 4.78 is 38.8. The van der Waals surface area contributed by atoms with Crippen LogP contribution in [0, 0.1) is 5.92 Å². The number of rotatable bonds is 6. The van der Waals surface area contributed by atoms with E-state index in [0.717, 1.165) is 30.5 Å². The van der Waals surface area contributed by atoms with Gasteiger partial charge in [-0.15, -0.1) is 0 Å². The molecule has 2 aromatic rings. The fraction of sp³-hybridized carbons (Fsp3) is 0.478. The van der Waals surface area contributed by atoms with Gasteiger partial charge in [0.15, 0.2) is 0 Å². The number of amides is 1. The number of hydrogen-bond acceptors (Lipinski definition) is 3. The van der Waals surface area contributed by atoms with Gasteiger partial charge in [-0.2, -0.15) is 13.2 Å². The van der Waals surface area contributed by atoms with Gasteiger partial charge in [-0.25, -0.2) is 4.98 Å². The number of hydrogen-bond donors (Lipinski definition) is 2. The zero-order valence-electron chi connectivity index (χ0n) is 17.4. The molecule has 3 rings (SSSR count). The third kappa shape index (κ3) is 5.74. The number of alkyl halides is 3. The Morgan fingerprint density at radius 2 is 1.90 bits per heavy atom. The predicted octanol–water partition coefficient (Wildman–Crippen LogP) is 6.28. The first-order chi connectivity index (χ1) is 14.2. The molecule has 0 atom stereocenters. The molecule has 7 heteroatoms. The summed E-state index contributed by atoms with van der Waals surface area (Å²) in [5.41, 5.74) is 0.882. The molecule has 1 fully saturated rings. The van der Waals surface area contributed by atoms with Crippen molar-refractivity contribution in [3.8, 4) is 0 Å². The van der Waals surface area contributed by atoms with Crippen LogP contribution in [0.2, 0.25) is 0 Å². The molecular weight excluding hydrogens is 391 g/mol. The Morgan fingerprint density at radius 1 is 1.17 bits per heavy atom. The van der Waals surface area contributed by atoms with Gasteiger partial charge >= 0.3 is 6.18 Å². The van der Waals surface area contributed by atoms with Crippen molar-refractivity contribution >= 4 is 17.4 Å². The molecule has 1 amide bonds. The van der Waals surface area contributed by atoms with Gasteiger partial charge in [0, 0.05) is 18.4 Å². The molecule has 0 aliphatic heterocycles. The van der Waals surface area contributed by atoms with Crippen molar-refractivity contribution in [2.75, 3.05) is 11.9 Å². The Morgan fingerprint density at radius 3 is 2.57 bits per heavy atom. The SMILES string of the molecule is CC(C)c1cc(Nc2cccc(C(F)(F)F)c2)ncc1C(=O)NCC1CCCCC1. The van der Waals surface area contributed by atoms with Gasteiger partial charge in [0.05, 0.1) is 11.1 Å². The highest BCUT2D eigenvalue weighted by Crippen LogP contribution is 2.32. The van der Waals surface area contributed by atoms with Gasteiger partial charge in [-0.3, -0.25) is 4.79 Å². The lowest BCUT2D eigenvalue weighted by molar-refractivity contribution is -0.137. The van der Waals surface area contributed by atoms with E-state index in [1.807, 2.05) is 13.8 Å². The number of nitrogens with zero attached hydrogens (tertiary/aromatic N) is 1. The van der Waals surface area contributed by atoms with Gasteiger partial charge in [-0.1, -0.05) is 39.2 Å². The van der Waals surface area contributed by atoms with Crippen LogP contribution in [0.5, 0.6) is 0 Å². The summed E-state index contributed by atoms with van der Waals surface area (Å²) in [6.45, 7) is 4.61. The van der Waals surface area contributed by atoms with E-state index in [1.165, 1.54) is 31.5 Å². The van der Waals surface area contributed by atoms with Gasteiger partial charge < -0.3 is 10.6 Å². The van der Waals surface area contributed by atoms with Crippen LogP contribution < -0.4 is 10.6 Å². The molecule has 1 aromatic carbocycles. The van der Waals surface area contributed by atoms with Crippen LogP contribution >= 0.6 is 0 Å². The molecule has 1 aromatic heterocycles. The van der Waals surface area contributed by atoms with Crippen molar-refractivity contribution in [3.05, 3.63) is 53.2 Å². The fourth-order valence-electron chi connectivity index (χ4n) is 3.85. The Hall–Kier alpha value is -2.57. The first-order valence-corrected chi connectivity index (χ1v) is 10.5. The molecule has 162 valence electrons. The maximum absolute atomic E-state index is 12.9. The second kappa shape index (κ2) is 9.49. The standard InChI is InChI=1S/C23H28F3N3O/c1-15(2)19-12-21(29-18-10-6-9-17(11-18)23(24,25)26)27-14-20(19)22(30)28-13-16-7-4-3-5-8-16/h6,9-12,14-16H,3-5,7-8,13H2,1-2H3,(H,27,29)(H,28,30). The fourth-order valence-corrected chi connectivity index (χ4v) is 3.85. The van der Waals surface area contributed by atoms with Gasteiger partial charge in [0.1, 0.15) is 5.82 Å². The number of halogens is 3. The van der Waals surface area contributed by atoms with Crippen LogP contribution in [-0.2, 0) is 6.18 Å². The summed E-state index contributed by atoms with van der Waals surface area (Å²) >= 11 is 0. The van der Waals surface area contributed by atoms with E-state index in [0.29, 0.717) is 29.5 Å². The summed E-state index contributed by atoms with van der Waals surface area (Å²) in [6.07, 6.45) is 3.09. The smallest absolute Gasteiger partial charge is 0.352 e. The van der Waals surface area contributed by atoms with Gasteiger partial charge in [0.25, 0.3) is 5.91 Å². The normalized spacial score (nSPS) is 15.3. The number of aromatic nitrogens is 1. The third-order valence-corrected chi connectivity index (χ3v) is 5.54. The summed E-state index contributed by atoms with van der Waals surface area (Å²) in [4.78, 5) is 17.0. The van der Waals surface area contributed by atoms with E-state index in [1.54, 1.807) is 12.1 Å². The van der Waals surface area contributed by atoms with Crippen molar-refractivity contribution in [1.82, 2.24) is 10.3 Å². The second-order valence-electron chi connectivity index (χ2n) is 8.23. The van der Waals surface area contributed by atoms with Crippen LogP contribution in [0.1, 0.15) is 73.4 Å². The molecule has 30 heavy (non-hydrogen) atoms. The molecule has 0 unspecified atom stereocenters. The molecule has 1 aliphatic rings. The van der Waals surface area contributed by atoms with E-state index in [9.17, 15) is 18.0 Å². The van der Waals surface area contributed by atoms with E-state index in [2.05, 4.69) is 15.6 Å². The lowest BCUT2D eigenvalue weighted by Gasteiger charge is -2.22. The molecule has 4 nitrogen and oxygen atoms in total. The average molecular weight is 419 g/mol. The van der Waals surface area contributed by atoms with Crippen LogP contribution in [0.15, 0.2) is 36.5 Å². The Kier molecular flexibility index (Phi) is 7.00. The summed E-state index contributed by atoms with van der Waals surface area (Å²) in [5.74, 6) is 0.842. The largest absolute Gasteiger partial charge is 0.416 e. The summed E-state index contributed by atoms with van der Waals surface area (Å²) in [6, 6.07) is 6.71.